The van der Waals surface area contributed by atoms with Crippen LogP contribution in [-0.2, 0) is 0 Å². The molecule has 2 aliphatic heterocycles. The molecule has 2 aromatic rings. The van der Waals surface area contributed by atoms with Gasteiger partial charge in [0.25, 0.3) is 5.91 Å². The van der Waals surface area contributed by atoms with Crippen LogP contribution in [0.2, 0.25) is 0 Å². The van der Waals surface area contributed by atoms with Crippen LogP contribution in [0.5, 0.6) is 17.2 Å². The minimum atomic E-state index is -0.306. The lowest BCUT2D eigenvalue weighted by atomic mass is 10.0. The Bertz CT molecular complexity index is 1180. The second-order valence-electron chi connectivity index (χ2n) is 8.49. The van der Waals surface area contributed by atoms with Crippen LogP contribution in [0.25, 0.3) is 0 Å². The van der Waals surface area contributed by atoms with E-state index in [1.807, 2.05) is 19.1 Å². The Morgan fingerprint density at radius 1 is 1.14 bits per heavy atom. The summed E-state index contributed by atoms with van der Waals surface area (Å²) in [6.45, 7) is 4.72. The van der Waals surface area contributed by atoms with E-state index < -0.39 is 0 Å². The van der Waals surface area contributed by atoms with Crippen LogP contribution >= 0.6 is 0 Å². The summed E-state index contributed by atoms with van der Waals surface area (Å²) in [7, 11) is 4.69. The van der Waals surface area contributed by atoms with Crippen molar-refractivity contribution >= 4 is 11.9 Å². The number of rotatable bonds is 8. The SMILES string of the molecule is CCNC(=O)N1CCC(CNC(=O)c2c[nH]c3c2=NC(c2cc(OC)c(OC)c(OC)c2)CN=3)C1. The summed E-state index contributed by atoms with van der Waals surface area (Å²) in [6, 6.07) is 3.34. The minimum absolute atomic E-state index is 0.0562. The zero-order valence-corrected chi connectivity index (χ0v) is 20.5. The maximum absolute atomic E-state index is 13.0. The summed E-state index contributed by atoms with van der Waals surface area (Å²) in [6.07, 6.45) is 2.49. The van der Waals surface area contributed by atoms with Crippen LogP contribution in [0.4, 0.5) is 4.79 Å². The summed E-state index contributed by atoms with van der Waals surface area (Å²) in [5.74, 6) is 1.57. The number of hydrogen-bond acceptors (Lipinski definition) is 7. The zero-order chi connectivity index (χ0) is 24.9. The highest BCUT2D eigenvalue weighted by Crippen LogP contribution is 2.40. The van der Waals surface area contributed by atoms with Gasteiger partial charge in [-0.2, -0.15) is 0 Å². The molecule has 35 heavy (non-hydrogen) atoms. The molecule has 188 valence electrons. The molecule has 4 rings (SSSR count). The minimum Gasteiger partial charge on any atom is -0.493 e. The highest BCUT2D eigenvalue weighted by atomic mass is 16.5. The Morgan fingerprint density at radius 3 is 2.54 bits per heavy atom. The average Bonchev–Trinajstić information content (AvgIpc) is 3.53. The van der Waals surface area contributed by atoms with E-state index in [0.29, 0.717) is 66.4 Å². The van der Waals surface area contributed by atoms with Crippen LogP contribution in [0.1, 0.15) is 35.3 Å². The number of urea groups is 1. The maximum Gasteiger partial charge on any atom is 0.317 e. The molecule has 3 heterocycles. The van der Waals surface area contributed by atoms with Crippen molar-refractivity contribution < 1.29 is 23.8 Å². The van der Waals surface area contributed by atoms with Gasteiger partial charge in [-0.15, -0.1) is 0 Å². The number of nitrogens with one attached hydrogen (secondary N) is 3. The monoisotopic (exact) mass is 484 g/mol. The van der Waals surface area contributed by atoms with E-state index in [-0.39, 0.29) is 23.9 Å². The Hall–Kier alpha value is -3.76. The average molecular weight is 485 g/mol. The molecule has 11 nitrogen and oxygen atoms in total. The second kappa shape index (κ2) is 10.7. The van der Waals surface area contributed by atoms with E-state index in [2.05, 4.69) is 20.6 Å². The molecule has 0 aliphatic carbocycles. The Morgan fingerprint density at radius 2 is 1.89 bits per heavy atom. The normalized spacial score (nSPS) is 18.7. The molecule has 0 bridgehead atoms. The number of carbonyl (C=O) groups excluding carboxylic acids is 2. The number of amides is 3. The van der Waals surface area contributed by atoms with Gasteiger partial charge < -0.3 is 34.7 Å². The van der Waals surface area contributed by atoms with Crippen molar-refractivity contribution in [1.29, 1.82) is 0 Å². The molecule has 1 aromatic heterocycles. The second-order valence-corrected chi connectivity index (χ2v) is 8.49. The molecule has 1 aromatic carbocycles. The molecule has 3 N–H and O–H groups in total. The van der Waals surface area contributed by atoms with Gasteiger partial charge in [0.2, 0.25) is 5.75 Å². The van der Waals surface area contributed by atoms with Crippen LogP contribution in [0, 0.1) is 5.92 Å². The third kappa shape index (κ3) is 5.03. The molecule has 2 unspecified atom stereocenters. The van der Waals surface area contributed by atoms with E-state index in [1.54, 1.807) is 32.4 Å². The number of carbonyl (C=O) groups is 2. The number of aromatic amines is 1. The van der Waals surface area contributed by atoms with E-state index in [9.17, 15) is 9.59 Å². The van der Waals surface area contributed by atoms with Gasteiger partial charge in [-0.05, 0) is 37.0 Å². The molecule has 2 atom stereocenters. The van der Waals surface area contributed by atoms with Gasteiger partial charge in [0.1, 0.15) is 5.36 Å². The quantitative estimate of drug-likeness (QED) is 0.511. The summed E-state index contributed by atoms with van der Waals surface area (Å²) >= 11 is 0. The highest BCUT2D eigenvalue weighted by molar-refractivity contribution is 5.93. The molecule has 1 saturated heterocycles. The van der Waals surface area contributed by atoms with Crippen LogP contribution in [0.3, 0.4) is 0 Å². The van der Waals surface area contributed by atoms with E-state index >= 15 is 0 Å². The number of methoxy groups -OCH3 is 3. The van der Waals surface area contributed by atoms with Gasteiger partial charge in [0.05, 0.1) is 39.5 Å². The third-order valence-corrected chi connectivity index (χ3v) is 6.31. The molecule has 1 fully saturated rings. The first-order chi connectivity index (χ1) is 17.0. The Balaban J connectivity index is 1.49. The predicted molar refractivity (Wildman–Crippen MR) is 128 cm³/mol. The van der Waals surface area contributed by atoms with Gasteiger partial charge in [-0.25, -0.2) is 4.79 Å². The number of hydrogen-bond donors (Lipinski definition) is 3. The maximum atomic E-state index is 13.0. The fourth-order valence-corrected chi connectivity index (χ4v) is 4.46. The number of nitrogens with zero attached hydrogens (tertiary/aromatic N) is 3. The van der Waals surface area contributed by atoms with Crippen molar-refractivity contribution in [3.05, 3.63) is 40.3 Å². The summed E-state index contributed by atoms with van der Waals surface area (Å²) in [5.41, 5.74) is 1.87. The smallest absolute Gasteiger partial charge is 0.317 e. The molecular formula is C24H32N6O5. The van der Waals surface area contributed by atoms with Crippen molar-refractivity contribution in [3.8, 4) is 17.2 Å². The van der Waals surface area contributed by atoms with Gasteiger partial charge in [-0.1, -0.05) is 0 Å². The summed E-state index contributed by atoms with van der Waals surface area (Å²) in [5, 5.41) is 6.35. The molecular weight excluding hydrogens is 452 g/mol. The summed E-state index contributed by atoms with van der Waals surface area (Å²) < 4.78 is 16.3. The molecule has 2 aliphatic rings. The topological polar surface area (TPSA) is 130 Å². The predicted octanol–water partition coefficient (Wildman–Crippen LogP) is 0.816. The van der Waals surface area contributed by atoms with Crippen molar-refractivity contribution in [3.63, 3.8) is 0 Å². The lowest BCUT2D eigenvalue weighted by Crippen LogP contribution is -2.40. The molecule has 11 heteroatoms. The molecule has 0 spiro atoms. The van der Waals surface area contributed by atoms with E-state index in [4.69, 9.17) is 19.2 Å². The first-order valence-electron chi connectivity index (χ1n) is 11.7. The fraction of sp³-hybridized carbons (Fsp3) is 0.500. The first kappa shape index (κ1) is 24.4. The largest absolute Gasteiger partial charge is 0.493 e. The van der Waals surface area contributed by atoms with Crippen LogP contribution < -0.4 is 35.7 Å². The van der Waals surface area contributed by atoms with Crippen LogP contribution in [0.15, 0.2) is 28.3 Å². The van der Waals surface area contributed by atoms with E-state index in [0.717, 1.165) is 12.0 Å². The van der Waals surface area contributed by atoms with Gasteiger partial charge in [-0.3, -0.25) is 14.8 Å². The molecule has 3 amide bonds. The van der Waals surface area contributed by atoms with Gasteiger partial charge in [0, 0.05) is 32.4 Å². The van der Waals surface area contributed by atoms with Gasteiger partial charge in [0.15, 0.2) is 17.0 Å². The first-order valence-corrected chi connectivity index (χ1v) is 11.7. The lowest BCUT2D eigenvalue weighted by Gasteiger charge is -2.18. The number of benzene rings is 1. The van der Waals surface area contributed by atoms with Crippen molar-refractivity contribution in [1.82, 2.24) is 20.5 Å². The highest BCUT2D eigenvalue weighted by Gasteiger charge is 2.27. The number of aromatic nitrogens is 1. The fourth-order valence-electron chi connectivity index (χ4n) is 4.46. The van der Waals surface area contributed by atoms with Gasteiger partial charge >= 0.3 is 6.03 Å². The lowest BCUT2D eigenvalue weighted by molar-refractivity contribution is 0.0946. The van der Waals surface area contributed by atoms with Crippen molar-refractivity contribution in [2.24, 2.45) is 15.9 Å². The number of ether oxygens (including phenoxy) is 3. The molecule has 0 saturated carbocycles. The molecule has 0 radical (unpaired) electrons. The zero-order valence-electron chi connectivity index (χ0n) is 20.5. The Labute approximate surface area is 203 Å². The third-order valence-electron chi connectivity index (χ3n) is 6.31. The van der Waals surface area contributed by atoms with Crippen LogP contribution in [-0.4, -0.2) is 75.9 Å². The van der Waals surface area contributed by atoms with E-state index in [1.165, 1.54) is 0 Å². The number of likely N-dealkylation sites (tertiary alicyclic amines) is 1. The van der Waals surface area contributed by atoms with Crippen molar-refractivity contribution in [2.75, 3.05) is 54.1 Å². The number of H-pyrrole nitrogens is 1. The summed E-state index contributed by atoms with van der Waals surface area (Å²) in [4.78, 5) is 39.3. The number of fused-ring (bicyclic) bond motifs is 1. The van der Waals surface area contributed by atoms with Crippen molar-refractivity contribution in [2.45, 2.75) is 19.4 Å². The standard InChI is InChI=1S/C24H32N6O5/c1-5-25-24(32)30-7-6-14(13-30)10-28-23(31)16-11-26-22-20(16)29-17(12-27-22)15-8-18(33-2)21(35-4)19(9-15)34-3/h8-9,11,14,17H,5-7,10,12-13H2,1-4H3,(H,25,32)(H,26,27)(H,28,31). The Kier molecular flexibility index (Phi) is 7.42.